The van der Waals surface area contributed by atoms with Crippen LogP contribution in [0.1, 0.15) is 24.9 Å². The number of carbonyl (C=O) groups is 1. The molecule has 0 fully saturated rings. The van der Waals surface area contributed by atoms with Gasteiger partial charge in [0.05, 0.1) is 11.1 Å². The summed E-state index contributed by atoms with van der Waals surface area (Å²) in [5.41, 5.74) is 0.453. The molecule has 0 aromatic heterocycles. The maximum Gasteiger partial charge on any atom is 0.315 e. The maximum atomic E-state index is 13.5. The molecule has 0 aliphatic heterocycles. The van der Waals surface area contributed by atoms with Gasteiger partial charge in [0.2, 0.25) is 0 Å². The quantitative estimate of drug-likeness (QED) is 0.577. The zero-order valence-electron chi connectivity index (χ0n) is 11.9. The van der Waals surface area contributed by atoms with Crippen LogP contribution >= 0.6 is 23.2 Å². The van der Waals surface area contributed by atoms with Gasteiger partial charge < -0.3 is 15.7 Å². The summed E-state index contributed by atoms with van der Waals surface area (Å²) in [5.74, 6) is -0.512. The number of nitrogens with one attached hydrogen (secondary N) is 2. The van der Waals surface area contributed by atoms with Gasteiger partial charge in [-0.25, -0.2) is 9.18 Å². The number of benzene rings is 1. The van der Waals surface area contributed by atoms with Gasteiger partial charge in [0.25, 0.3) is 0 Å². The first kappa shape index (κ1) is 17.1. The van der Waals surface area contributed by atoms with Crippen molar-refractivity contribution in [2.75, 3.05) is 6.61 Å². The van der Waals surface area contributed by atoms with Crippen LogP contribution < -0.4 is 10.6 Å². The Labute approximate surface area is 138 Å². The van der Waals surface area contributed by atoms with Gasteiger partial charge in [-0.3, -0.25) is 0 Å². The molecule has 0 spiro atoms. The number of aliphatic hydroxyl groups excluding tert-OH is 1. The lowest BCUT2D eigenvalue weighted by Crippen LogP contribution is -2.42. The predicted octanol–water partition coefficient (Wildman–Crippen LogP) is 3.43. The highest BCUT2D eigenvalue weighted by atomic mass is 35.5. The van der Waals surface area contributed by atoms with E-state index in [1.807, 2.05) is 12.2 Å². The zero-order chi connectivity index (χ0) is 16.3. The number of amides is 2. The van der Waals surface area contributed by atoms with Crippen LogP contribution in [-0.4, -0.2) is 23.8 Å². The summed E-state index contributed by atoms with van der Waals surface area (Å²) in [6, 6.07) is 1.55. The molecule has 3 atom stereocenters. The maximum absolute atomic E-state index is 13.5. The van der Waals surface area contributed by atoms with Crippen LogP contribution in [0.5, 0.6) is 0 Å². The highest BCUT2D eigenvalue weighted by molar-refractivity contribution is 6.35. The van der Waals surface area contributed by atoms with Crippen molar-refractivity contribution < 1.29 is 14.3 Å². The summed E-state index contributed by atoms with van der Waals surface area (Å²) in [6.45, 7) is 1.77. The van der Waals surface area contributed by atoms with Crippen LogP contribution in [0.25, 0.3) is 0 Å². The van der Waals surface area contributed by atoms with Gasteiger partial charge in [-0.1, -0.05) is 35.4 Å². The Morgan fingerprint density at radius 3 is 2.77 bits per heavy atom. The van der Waals surface area contributed by atoms with Crippen molar-refractivity contribution in [1.82, 2.24) is 10.6 Å². The largest absolute Gasteiger partial charge is 0.396 e. The molecular formula is C15H17Cl2FN2O2. The first-order valence-corrected chi connectivity index (χ1v) is 7.67. The van der Waals surface area contributed by atoms with Gasteiger partial charge >= 0.3 is 6.03 Å². The summed E-state index contributed by atoms with van der Waals surface area (Å²) >= 11 is 11.7. The molecular weight excluding hydrogens is 330 g/mol. The second kappa shape index (κ2) is 7.31. The minimum atomic E-state index is -0.584. The van der Waals surface area contributed by atoms with E-state index < -0.39 is 11.9 Å². The Bertz CT molecular complexity index is 595. The number of rotatable bonds is 4. The Hall–Kier alpha value is -1.30. The molecule has 1 aliphatic carbocycles. The number of hydrogen-bond acceptors (Lipinski definition) is 2. The molecule has 1 aromatic rings. The Balaban J connectivity index is 1.94. The average molecular weight is 347 g/mol. The first-order valence-electron chi connectivity index (χ1n) is 6.91. The van der Waals surface area contributed by atoms with E-state index in [2.05, 4.69) is 10.6 Å². The summed E-state index contributed by atoms with van der Waals surface area (Å²) in [7, 11) is 0. The molecule has 0 heterocycles. The van der Waals surface area contributed by atoms with Crippen molar-refractivity contribution in [2.24, 2.45) is 5.92 Å². The zero-order valence-corrected chi connectivity index (χ0v) is 13.5. The van der Waals surface area contributed by atoms with Crippen molar-refractivity contribution in [3.05, 3.63) is 45.7 Å². The molecule has 0 saturated heterocycles. The SMILES string of the molecule is CC(NC(=O)N[C@@H]1C=C[C@H](CO)C1)c1cc(F)c(Cl)cc1Cl. The number of halogens is 3. The molecule has 120 valence electrons. The third-order valence-corrected chi connectivity index (χ3v) is 4.19. The van der Waals surface area contributed by atoms with E-state index >= 15 is 0 Å². The van der Waals surface area contributed by atoms with E-state index in [0.29, 0.717) is 17.0 Å². The van der Waals surface area contributed by atoms with E-state index in [4.69, 9.17) is 28.3 Å². The van der Waals surface area contributed by atoms with E-state index in [-0.39, 0.29) is 29.6 Å². The van der Waals surface area contributed by atoms with Crippen molar-refractivity contribution in [2.45, 2.75) is 25.4 Å². The lowest BCUT2D eigenvalue weighted by Gasteiger charge is -2.19. The Kier molecular flexibility index (Phi) is 5.67. The molecule has 1 aromatic carbocycles. The van der Waals surface area contributed by atoms with Crippen LogP contribution in [0.4, 0.5) is 9.18 Å². The van der Waals surface area contributed by atoms with E-state index in [1.54, 1.807) is 6.92 Å². The number of carbonyl (C=O) groups excluding carboxylic acids is 1. The number of hydrogen-bond donors (Lipinski definition) is 3. The van der Waals surface area contributed by atoms with Crippen LogP contribution in [0, 0.1) is 11.7 Å². The molecule has 0 bridgehead atoms. The average Bonchev–Trinajstić information content (AvgIpc) is 2.90. The van der Waals surface area contributed by atoms with Gasteiger partial charge in [0, 0.05) is 23.6 Å². The van der Waals surface area contributed by atoms with Crippen molar-refractivity contribution in [3.63, 3.8) is 0 Å². The Morgan fingerprint density at radius 1 is 1.41 bits per heavy atom. The minimum absolute atomic E-state index is 0.0588. The van der Waals surface area contributed by atoms with Gasteiger partial charge in [0.1, 0.15) is 5.82 Å². The van der Waals surface area contributed by atoms with Gasteiger partial charge in [-0.05, 0) is 31.0 Å². The van der Waals surface area contributed by atoms with Crippen LogP contribution in [-0.2, 0) is 0 Å². The van der Waals surface area contributed by atoms with Crippen molar-refractivity contribution in [3.8, 4) is 0 Å². The van der Waals surface area contributed by atoms with Crippen molar-refractivity contribution >= 4 is 29.2 Å². The highest BCUT2D eigenvalue weighted by Crippen LogP contribution is 2.28. The fourth-order valence-electron chi connectivity index (χ4n) is 2.37. The molecule has 2 amide bonds. The van der Waals surface area contributed by atoms with Crippen LogP contribution in [0.3, 0.4) is 0 Å². The second-order valence-corrected chi connectivity index (χ2v) is 6.11. The highest BCUT2D eigenvalue weighted by Gasteiger charge is 2.21. The fraction of sp³-hybridized carbons (Fsp3) is 0.400. The predicted molar refractivity (Wildman–Crippen MR) is 84.6 cm³/mol. The second-order valence-electron chi connectivity index (χ2n) is 5.30. The minimum Gasteiger partial charge on any atom is -0.396 e. The van der Waals surface area contributed by atoms with Crippen LogP contribution in [0.15, 0.2) is 24.3 Å². The standard InChI is InChI=1S/C15H17Cl2FN2O2/c1-8(11-5-14(18)13(17)6-12(11)16)19-15(22)20-10-3-2-9(4-10)7-21/h2-3,5-6,8-10,21H,4,7H2,1H3,(H2,19,20,22)/t8?,9-,10+/m0/s1. The third kappa shape index (κ3) is 4.12. The fourth-order valence-corrected chi connectivity index (χ4v) is 2.92. The summed E-state index contributed by atoms with van der Waals surface area (Å²) in [5, 5.41) is 14.8. The van der Waals surface area contributed by atoms with Gasteiger partial charge in [-0.15, -0.1) is 0 Å². The summed E-state index contributed by atoms with van der Waals surface area (Å²) in [4.78, 5) is 12.0. The number of aliphatic hydroxyl groups is 1. The molecule has 1 unspecified atom stereocenters. The molecule has 0 radical (unpaired) electrons. The van der Waals surface area contributed by atoms with Gasteiger partial charge in [0.15, 0.2) is 0 Å². The molecule has 3 N–H and O–H groups in total. The molecule has 0 saturated carbocycles. The molecule has 4 nitrogen and oxygen atoms in total. The topological polar surface area (TPSA) is 61.4 Å². The Morgan fingerprint density at radius 2 is 2.14 bits per heavy atom. The smallest absolute Gasteiger partial charge is 0.315 e. The lowest BCUT2D eigenvalue weighted by molar-refractivity contribution is 0.229. The normalized spacial score (nSPS) is 21.7. The van der Waals surface area contributed by atoms with Gasteiger partial charge in [-0.2, -0.15) is 0 Å². The summed E-state index contributed by atoms with van der Waals surface area (Å²) < 4.78 is 13.5. The van der Waals surface area contributed by atoms with Crippen LogP contribution in [0.2, 0.25) is 10.0 Å². The lowest BCUT2D eigenvalue weighted by atomic mass is 10.1. The monoisotopic (exact) mass is 346 g/mol. The molecule has 7 heteroatoms. The van der Waals surface area contributed by atoms with E-state index in [9.17, 15) is 9.18 Å². The molecule has 2 rings (SSSR count). The van der Waals surface area contributed by atoms with E-state index in [1.165, 1.54) is 12.1 Å². The number of urea groups is 1. The first-order chi connectivity index (χ1) is 10.4. The molecule has 1 aliphatic rings. The molecule has 22 heavy (non-hydrogen) atoms. The third-order valence-electron chi connectivity index (χ3n) is 3.58. The van der Waals surface area contributed by atoms with Crippen molar-refractivity contribution in [1.29, 1.82) is 0 Å². The van der Waals surface area contributed by atoms with E-state index in [0.717, 1.165) is 0 Å². The summed E-state index contributed by atoms with van der Waals surface area (Å²) in [6.07, 6.45) is 4.38.